The third kappa shape index (κ3) is 5.08. The zero-order valence-corrected chi connectivity index (χ0v) is 13.3. The van der Waals surface area contributed by atoms with Crippen molar-refractivity contribution in [3.05, 3.63) is 15.4 Å². The molecule has 7 heteroatoms. The van der Waals surface area contributed by atoms with Gasteiger partial charge in [-0.3, -0.25) is 4.79 Å². The number of unbranched alkanes of at least 4 members (excludes halogenated alkanes) is 3. The highest BCUT2D eigenvalue weighted by Gasteiger charge is 2.22. The van der Waals surface area contributed by atoms with Crippen molar-refractivity contribution in [3.63, 3.8) is 0 Å². The quantitative estimate of drug-likeness (QED) is 0.724. The monoisotopic (exact) mass is 306 g/mol. The molecule has 19 heavy (non-hydrogen) atoms. The topological polar surface area (TPSA) is 79.0 Å². The molecule has 0 aliphatic carbocycles. The summed E-state index contributed by atoms with van der Waals surface area (Å²) in [6.45, 7) is 5.59. The summed E-state index contributed by atoms with van der Waals surface area (Å²) in [6, 6.07) is -0.113. The highest BCUT2D eigenvalue weighted by atomic mass is 32.2. The Kier molecular flexibility index (Phi) is 6.22. The molecule has 110 valence electrons. The molecule has 1 unspecified atom stereocenters. The van der Waals surface area contributed by atoms with E-state index >= 15 is 0 Å². The highest BCUT2D eigenvalue weighted by Crippen LogP contribution is 2.17. The van der Waals surface area contributed by atoms with Gasteiger partial charge in [0.05, 0.1) is 0 Å². The van der Waals surface area contributed by atoms with E-state index in [0.717, 1.165) is 37.0 Å². The summed E-state index contributed by atoms with van der Waals surface area (Å²) in [5.41, 5.74) is 0.403. The Labute approximate surface area is 118 Å². The molecule has 2 N–H and O–H groups in total. The first kappa shape index (κ1) is 16.4. The van der Waals surface area contributed by atoms with Crippen LogP contribution >= 0.6 is 11.3 Å². The van der Waals surface area contributed by atoms with Crippen LogP contribution in [0.25, 0.3) is 0 Å². The van der Waals surface area contributed by atoms with E-state index in [2.05, 4.69) is 16.6 Å². The van der Waals surface area contributed by atoms with Gasteiger partial charge in [0, 0.05) is 11.7 Å². The van der Waals surface area contributed by atoms with Crippen molar-refractivity contribution in [2.45, 2.75) is 63.1 Å². The van der Waals surface area contributed by atoms with E-state index < -0.39 is 10.0 Å². The molecule has 0 spiro atoms. The van der Waals surface area contributed by atoms with Crippen molar-refractivity contribution in [1.82, 2.24) is 9.71 Å². The average Bonchev–Trinajstić information content (AvgIpc) is 2.64. The number of sulfonamides is 1. The maximum Gasteiger partial charge on any atom is 0.305 e. The van der Waals surface area contributed by atoms with Crippen LogP contribution in [0.3, 0.4) is 0 Å². The fourth-order valence-corrected chi connectivity index (χ4v) is 4.50. The van der Waals surface area contributed by atoms with Crippen LogP contribution in [0.5, 0.6) is 0 Å². The standard InChI is InChI=1S/C12H22N2O3S2/c1-4-5-6-7-8-9(2)14-19(16,17)11-10(3)13-12(15)18-11/h9,14H,4-8H2,1-3H3,(H,13,15). The lowest BCUT2D eigenvalue weighted by Gasteiger charge is -2.13. The van der Waals surface area contributed by atoms with Gasteiger partial charge in [0.15, 0.2) is 4.21 Å². The molecule has 1 atom stereocenters. The van der Waals surface area contributed by atoms with Gasteiger partial charge in [-0.1, -0.05) is 43.9 Å². The van der Waals surface area contributed by atoms with Crippen molar-refractivity contribution in [2.24, 2.45) is 0 Å². The molecule has 0 aromatic carbocycles. The molecule has 0 fully saturated rings. The minimum atomic E-state index is -3.57. The smallest absolute Gasteiger partial charge is 0.305 e. The predicted molar refractivity (Wildman–Crippen MR) is 78.2 cm³/mol. The van der Waals surface area contributed by atoms with Crippen molar-refractivity contribution >= 4 is 21.4 Å². The second-order valence-electron chi connectivity index (χ2n) is 4.80. The lowest BCUT2D eigenvalue weighted by molar-refractivity contribution is 0.522. The molecular formula is C12H22N2O3S2. The molecule has 0 aliphatic heterocycles. The first-order valence-corrected chi connectivity index (χ1v) is 8.88. The molecule has 0 saturated carbocycles. The minimum Gasteiger partial charge on any atom is -0.315 e. The Balaban J connectivity index is 2.60. The van der Waals surface area contributed by atoms with Crippen LogP contribution in [-0.4, -0.2) is 19.4 Å². The molecule has 0 radical (unpaired) electrons. The van der Waals surface area contributed by atoms with Gasteiger partial charge in [-0.25, -0.2) is 13.1 Å². The summed E-state index contributed by atoms with van der Waals surface area (Å²) in [6.07, 6.45) is 5.30. The summed E-state index contributed by atoms with van der Waals surface area (Å²) in [7, 11) is -3.57. The van der Waals surface area contributed by atoms with Gasteiger partial charge in [-0.2, -0.15) is 0 Å². The normalized spacial score (nSPS) is 13.6. The third-order valence-electron chi connectivity index (χ3n) is 2.87. The molecule has 0 amide bonds. The summed E-state index contributed by atoms with van der Waals surface area (Å²) < 4.78 is 26.9. The van der Waals surface area contributed by atoms with E-state index in [1.165, 1.54) is 6.42 Å². The van der Waals surface area contributed by atoms with Gasteiger partial charge in [-0.05, 0) is 20.3 Å². The lowest BCUT2D eigenvalue weighted by atomic mass is 10.1. The first-order valence-electron chi connectivity index (χ1n) is 6.59. The van der Waals surface area contributed by atoms with Crippen LogP contribution in [0.2, 0.25) is 0 Å². The zero-order valence-electron chi connectivity index (χ0n) is 11.7. The first-order chi connectivity index (χ1) is 8.86. The van der Waals surface area contributed by atoms with Crippen molar-refractivity contribution in [1.29, 1.82) is 0 Å². The van der Waals surface area contributed by atoms with Gasteiger partial charge in [0.2, 0.25) is 0 Å². The second-order valence-corrected chi connectivity index (χ2v) is 7.69. The van der Waals surface area contributed by atoms with Gasteiger partial charge >= 0.3 is 4.87 Å². The largest absolute Gasteiger partial charge is 0.315 e. The van der Waals surface area contributed by atoms with E-state index in [0.29, 0.717) is 5.69 Å². The number of rotatable bonds is 8. The Morgan fingerprint density at radius 3 is 2.53 bits per heavy atom. The van der Waals surface area contributed by atoms with E-state index in [9.17, 15) is 13.2 Å². The average molecular weight is 306 g/mol. The summed E-state index contributed by atoms with van der Waals surface area (Å²) in [5.74, 6) is 0. The summed E-state index contributed by atoms with van der Waals surface area (Å²) >= 11 is 0.734. The second kappa shape index (κ2) is 7.21. The minimum absolute atomic E-state index is 0.0953. The maximum absolute atomic E-state index is 12.1. The Morgan fingerprint density at radius 1 is 1.32 bits per heavy atom. The van der Waals surface area contributed by atoms with Crippen molar-refractivity contribution in [2.75, 3.05) is 0 Å². The summed E-state index contributed by atoms with van der Waals surface area (Å²) in [4.78, 5) is 13.3. The number of hydrogen-bond acceptors (Lipinski definition) is 4. The number of hydrogen-bond donors (Lipinski definition) is 2. The molecule has 0 aliphatic rings. The molecule has 0 bridgehead atoms. The number of H-pyrrole nitrogens is 1. The van der Waals surface area contributed by atoms with Crippen LogP contribution in [0.15, 0.2) is 9.00 Å². The molecular weight excluding hydrogens is 284 g/mol. The fraction of sp³-hybridized carbons (Fsp3) is 0.750. The van der Waals surface area contributed by atoms with Crippen LogP contribution in [0.1, 0.15) is 51.6 Å². The Hall–Kier alpha value is -0.660. The Morgan fingerprint density at radius 2 is 2.00 bits per heavy atom. The molecule has 1 aromatic rings. The van der Waals surface area contributed by atoms with E-state index in [1.807, 2.05) is 6.92 Å². The van der Waals surface area contributed by atoms with Gasteiger partial charge in [0.25, 0.3) is 10.0 Å². The zero-order chi connectivity index (χ0) is 14.5. The van der Waals surface area contributed by atoms with E-state index in [1.54, 1.807) is 6.92 Å². The highest BCUT2D eigenvalue weighted by molar-refractivity contribution is 7.91. The SMILES string of the molecule is CCCCCCC(C)NS(=O)(=O)c1sc(=O)[nH]c1C. The van der Waals surface area contributed by atoms with Crippen LogP contribution in [-0.2, 0) is 10.0 Å². The number of thiazole rings is 1. The van der Waals surface area contributed by atoms with Crippen molar-refractivity contribution in [3.8, 4) is 0 Å². The maximum atomic E-state index is 12.1. The number of aromatic nitrogens is 1. The van der Waals surface area contributed by atoms with E-state index in [-0.39, 0.29) is 15.1 Å². The number of aryl methyl sites for hydroxylation is 1. The van der Waals surface area contributed by atoms with Crippen LogP contribution in [0.4, 0.5) is 0 Å². The molecule has 5 nitrogen and oxygen atoms in total. The van der Waals surface area contributed by atoms with Crippen LogP contribution in [0, 0.1) is 6.92 Å². The van der Waals surface area contributed by atoms with Gasteiger partial charge in [0.1, 0.15) is 0 Å². The third-order valence-corrected chi connectivity index (χ3v) is 6.07. The van der Waals surface area contributed by atoms with E-state index in [4.69, 9.17) is 0 Å². The molecule has 1 rings (SSSR count). The van der Waals surface area contributed by atoms with Gasteiger partial charge < -0.3 is 4.98 Å². The van der Waals surface area contributed by atoms with Gasteiger partial charge in [-0.15, -0.1) is 0 Å². The Bertz CT molecular complexity index is 546. The molecule has 1 heterocycles. The van der Waals surface area contributed by atoms with Crippen molar-refractivity contribution < 1.29 is 8.42 Å². The lowest BCUT2D eigenvalue weighted by Crippen LogP contribution is -2.32. The van der Waals surface area contributed by atoms with Crippen LogP contribution < -0.4 is 9.60 Å². The molecule has 0 saturated heterocycles. The number of nitrogens with one attached hydrogen (secondary N) is 2. The molecule has 1 aromatic heterocycles. The predicted octanol–water partition coefficient (Wildman–Crippen LogP) is 2.38. The summed E-state index contributed by atoms with van der Waals surface area (Å²) in [5, 5.41) is 0. The number of aromatic amines is 1. The fourth-order valence-electron chi connectivity index (χ4n) is 1.90.